The van der Waals surface area contributed by atoms with Gasteiger partial charge in [0, 0.05) is 8.95 Å². The summed E-state index contributed by atoms with van der Waals surface area (Å²) in [6.45, 7) is 0. The zero-order chi connectivity index (χ0) is 18.9. The van der Waals surface area contributed by atoms with Crippen LogP contribution in [0.2, 0.25) is 0 Å². The van der Waals surface area contributed by atoms with E-state index in [9.17, 15) is 18.0 Å². The first-order chi connectivity index (χ1) is 12.3. The van der Waals surface area contributed by atoms with Crippen LogP contribution in [0.3, 0.4) is 0 Å². The van der Waals surface area contributed by atoms with Crippen LogP contribution in [0.15, 0.2) is 57.6 Å². The van der Waals surface area contributed by atoms with Gasteiger partial charge >= 0.3 is 6.18 Å². The maximum atomic E-state index is 13.1. The normalized spacial score (nSPS) is 11.4. The van der Waals surface area contributed by atoms with Crippen molar-refractivity contribution in [1.29, 1.82) is 0 Å². The second-order valence-electron chi connectivity index (χ2n) is 5.14. The third kappa shape index (κ3) is 3.96. The maximum absolute atomic E-state index is 13.1. The highest BCUT2D eigenvalue weighted by Gasteiger charge is 2.34. The Morgan fingerprint density at radius 2 is 1.85 bits per heavy atom. The van der Waals surface area contributed by atoms with Crippen LogP contribution in [0, 0.1) is 0 Å². The third-order valence-corrected chi connectivity index (χ3v) is 4.54. The first-order valence-electron chi connectivity index (χ1n) is 7.11. The number of carbonyl (C=O) groups is 1. The van der Waals surface area contributed by atoms with E-state index in [1.807, 2.05) is 0 Å². The molecular formula is C16H9Br2F3N4O. The van der Waals surface area contributed by atoms with Crippen LogP contribution < -0.4 is 5.32 Å². The molecule has 0 radical (unpaired) electrons. The van der Waals surface area contributed by atoms with Gasteiger partial charge in [-0.3, -0.25) is 4.79 Å². The predicted molar refractivity (Wildman–Crippen MR) is 96.2 cm³/mol. The van der Waals surface area contributed by atoms with Gasteiger partial charge in [-0.15, -0.1) is 5.10 Å². The van der Waals surface area contributed by atoms with Crippen molar-refractivity contribution in [2.75, 3.05) is 5.32 Å². The second kappa shape index (κ2) is 7.20. The number of benzene rings is 2. The predicted octanol–water partition coefficient (Wildman–Crippen LogP) is 5.06. The van der Waals surface area contributed by atoms with Crippen molar-refractivity contribution in [3.63, 3.8) is 0 Å². The van der Waals surface area contributed by atoms with Crippen LogP contribution in [0.4, 0.5) is 18.9 Å². The van der Waals surface area contributed by atoms with Crippen molar-refractivity contribution >= 4 is 43.5 Å². The Hall–Kier alpha value is -2.20. The minimum Gasteiger partial charge on any atom is -0.319 e. The van der Waals surface area contributed by atoms with Gasteiger partial charge in [0.05, 0.1) is 23.1 Å². The first kappa shape index (κ1) is 18.6. The lowest BCUT2D eigenvalue weighted by Gasteiger charge is -2.11. The Kier molecular flexibility index (Phi) is 5.15. The molecule has 1 N–H and O–H groups in total. The van der Waals surface area contributed by atoms with Gasteiger partial charge in [-0.2, -0.15) is 13.2 Å². The lowest BCUT2D eigenvalue weighted by molar-refractivity contribution is -0.137. The van der Waals surface area contributed by atoms with E-state index in [0.29, 0.717) is 10.2 Å². The third-order valence-electron chi connectivity index (χ3n) is 3.36. The number of hydrogen-bond acceptors (Lipinski definition) is 3. The molecule has 1 amide bonds. The van der Waals surface area contributed by atoms with Crippen LogP contribution >= 0.6 is 31.9 Å². The van der Waals surface area contributed by atoms with Gasteiger partial charge in [0.15, 0.2) is 5.69 Å². The smallest absolute Gasteiger partial charge is 0.319 e. The highest BCUT2D eigenvalue weighted by Crippen LogP contribution is 2.33. The fourth-order valence-corrected chi connectivity index (χ4v) is 2.89. The minimum absolute atomic E-state index is 0.117. The number of amides is 1. The number of para-hydroxylation sites is 1. The molecular weight excluding hydrogens is 481 g/mol. The number of halogens is 5. The van der Waals surface area contributed by atoms with Gasteiger partial charge in [0.2, 0.25) is 0 Å². The van der Waals surface area contributed by atoms with Gasteiger partial charge in [-0.25, -0.2) is 4.68 Å². The molecule has 10 heteroatoms. The molecule has 0 atom stereocenters. The van der Waals surface area contributed by atoms with Gasteiger partial charge < -0.3 is 5.32 Å². The standard InChI is InChI=1S/C16H9Br2F3N4O/c17-9-5-6-11(18)12(7-9)22-15(26)13-8-25(24-23-13)14-4-2-1-3-10(14)16(19,20)21/h1-8H,(H,22,26). The minimum atomic E-state index is -4.55. The summed E-state index contributed by atoms with van der Waals surface area (Å²) in [6, 6.07) is 10.1. The summed E-state index contributed by atoms with van der Waals surface area (Å²) in [5.74, 6) is -0.598. The van der Waals surface area contributed by atoms with Crippen LogP contribution in [0.1, 0.15) is 16.1 Å². The van der Waals surface area contributed by atoms with Crippen LogP contribution in [0.5, 0.6) is 0 Å². The summed E-state index contributed by atoms with van der Waals surface area (Å²) >= 11 is 6.60. The maximum Gasteiger partial charge on any atom is 0.418 e. The van der Waals surface area contributed by atoms with Crippen molar-refractivity contribution in [3.8, 4) is 5.69 Å². The van der Waals surface area contributed by atoms with Crippen molar-refractivity contribution in [1.82, 2.24) is 15.0 Å². The summed E-state index contributed by atoms with van der Waals surface area (Å²) in [5.41, 5.74) is -0.717. The Morgan fingerprint density at radius 1 is 1.12 bits per heavy atom. The molecule has 0 unspecified atom stereocenters. The van der Waals surface area contributed by atoms with Crippen LogP contribution in [-0.2, 0) is 6.18 Å². The molecule has 134 valence electrons. The number of anilines is 1. The van der Waals surface area contributed by atoms with Gasteiger partial charge in [-0.1, -0.05) is 33.3 Å². The van der Waals surface area contributed by atoms with E-state index in [-0.39, 0.29) is 11.4 Å². The fraction of sp³-hybridized carbons (Fsp3) is 0.0625. The van der Waals surface area contributed by atoms with E-state index >= 15 is 0 Å². The highest BCUT2D eigenvalue weighted by atomic mass is 79.9. The Morgan fingerprint density at radius 3 is 2.58 bits per heavy atom. The summed E-state index contributed by atoms with van der Waals surface area (Å²) in [5, 5.41) is 9.94. The average Bonchev–Trinajstić information content (AvgIpc) is 3.07. The Bertz CT molecular complexity index is 972. The number of alkyl halides is 3. The van der Waals surface area contributed by atoms with E-state index in [2.05, 4.69) is 47.5 Å². The lowest BCUT2D eigenvalue weighted by Crippen LogP contribution is -2.13. The first-order valence-corrected chi connectivity index (χ1v) is 8.69. The fourth-order valence-electron chi connectivity index (χ4n) is 2.18. The van der Waals surface area contributed by atoms with Crippen molar-refractivity contribution in [2.45, 2.75) is 6.18 Å². The number of nitrogens with zero attached hydrogens (tertiary/aromatic N) is 3. The number of rotatable bonds is 3. The van der Waals surface area contributed by atoms with E-state index in [1.165, 1.54) is 18.2 Å². The quantitative estimate of drug-likeness (QED) is 0.559. The van der Waals surface area contributed by atoms with Crippen LogP contribution in [-0.4, -0.2) is 20.9 Å². The lowest BCUT2D eigenvalue weighted by atomic mass is 10.1. The topological polar surface area (TPSA) is 59.8 Å². The molecule has 3 rings (SSSR count). The zero-order valence-corrected chi connectivity index (χ0v) is 15.9. The monoisotopic (exact) mass is 488 g/mol. The average molecular weight is 490 g/mol. The molecule has 1 aromatic heterocycles. The SMILES string of the molecule is O=C(Nc1cc(Br)ccc1Br)c1cn(-c2ccccc2C(F)(F)F)nn1. The molecule has 0 aliphatic rings. The molecule has 0 spiro atoms. The van der Waals surface area contributed by atoms with E-state index in [0.717, 1.165) is 21.4 Å². The van der Waals surface area contributed by atoms with Crippen molar-refractivity contribution < 1.29 is 18.0 Å². The van der Waals surface area contributed by atoms with E-state index in [4.69, 9.17) is 0 Å². The van der Waals surface area contributed by atoms with Gasteiger partial charge in [-0.05, 0) is 46.3 Å². The summed E-state index contributed by atoms with van der Waals surface area (Å²) < 4.78 is 41.7. The highest BCUT2D eigenvalue weighted by molar-refractivity contribution is 9.11. The molecule has 0 fully saturated rings. The largest absolute Gasteiger partial charge is 0.418 e. The Balaban J connectivity index is 1.89. The second-order valence-corrected chi connectivity index (χ2v) is 6.91. The molecule has 26 heavy (non-hydrogen) atoms. The molecule has 2 aromatic carbocycles. The number of hydrogen-bond donors (Lipinski definition) is 1. The summed E-state index contributed by atoms with van der Waals surface area (Å²) in [6.07, 6.45) is -3.40. The number of nitrogens with one attached hydrogen (secondary N) is 1. The van der Waals surface area contributed by atoms with Crippen LogP contribution in [0.25, 0.3) is 5.69 Å². The molecule has 3 aromatic rings. The van der Waals surface area contributed by atoms with Gasteiger partial charge in [0.1, 0.15) is 0 Å². The number of carbonyl (C=O) groups excluding carboxylic acids is 1. The van der Waals surface area contributed by atoms with E-state index < -0.39 is 17.6 Å². The Labute approximate surface area is 162 Å². The summed E-state index contributed by atoms with van der Waals surface area (Å²) in [4.78, 5) is 12.3. The molecule has 0 bridgehead atoms. The molecule has 0 saturated heterocycles. The molecule has 0 aliphatic carbocycles. The van der Waals surface area contributed by atoms with Crippen molar-refractivity contribution in [3.05, 3.63) is 68.9 Å². The van der Waals surface area contributed by atoms with E-state index in [1.54, 1.807) is 18.2 Å². The molecule has 0 saturated carbocycles. The molecule has 5 nitrogen and oxygen atoms in total. The zero-order valence-electron chi connectivity index (χ0n) is 12.8. The molecule has 0 aliphatic heterocycles. The number of aromatic nitrogens is 3. The summed E-state index contributed by atoms with van der Waals surface area (Å²) in [7, 11) is 0. The van der Waals surface area contributed by atoms with Gasteiger partial charge in [0.25, 0.3) is 5.91 Å². The van der Waals surface area contributed by atoms with Crippen molar-refractivity contribution in [2.24, 2.45) is 0 Å². The molecule has 1 heterocycles.